The Morgan fingerprint density at radius 1 is 1.00 bits per heavy atom. The van der Waals surface area contributed by atoms with Crippen molar-refractivity contribution < 1.29 is 31.1 Å². The van der Waals surface area contributed by atoms with Crippen LogP contribution in [0.25, 0.3) is 0 Å². The van der Waals surface area contributed by atoms with E-state index in [0.717, 1.165) is 60.3 Å². The van der Waals surface area contributed by atoms with Gasteiger partial charge in [0.25, 0.3) is 10.0 Å². The van der Waals surface area contributed by atoms with E-state index in [1.807, 2.05) is 4.72 Å². The van der Waals surface area contributed by atoms with Crippen molar-refractivity contribution in [1.29, 1.82) is 0 Å². The Morgan fingerprint density at radius 3 is 2.37 bits per heavy atom. The number of amides is 2. The van der Waals surface area contributed by atoms with Gasteiger partial charge in [0.1, 0.15) is 5.75 Å². The Kier molecular flexibility index (Phi) is 9.11. The number of nitrogens with one attached hydrogen (secondary N) is 2. The summed E-state index contributed by atoms with van der Waals surface area (Å²) in [6.45, 7) is 10.2. The normalized spacial score (nSPS) is 36.5. The Morgan fingerprint density at radius 2 is 1.70 bits per heavy atom. The van der Waals surface area contributed by atoms with E-state index in [9.17, 15) is 26.4 Å². The van der Waals surface area contributed by atoms with E-state index in [4.69, 9.17) is 0 Å². The highest BCUT2D eigenvalue weighted by atomic mass is 32.2. The lowest BCUT2D eigenvalue weighted by molar-refractivity contribution is -0.274. The maximum atomic E-state index is 12.6. The van der Waals surface area contributed by atoms with Crippen molar-refractivity contribution in [1.82, 2.24) is 10.0 Å². The van der Waals surface area contributed by atoms with Crippen molar-refractivity contribution in [3.63, 3.8) is 0 Å². The van der Waals surface area contributed by atoms with Gasteiger partial charge in [0.15, 0.2) is 0 Å². The fourth-order valence-electron chi connectivity index (χ4n) is 10.6. The van der Waals surface area contributed by atoms with Gasteiger partial charge in [-0.25, -0.2) is 17.9 Å². The average Bonchev–Trinajstić information content (AvgIpc) is 3.29. The molecule has 4 saturated carbocycles. The summed E-state index contributed by atoms with van der Waals surface area (Å²) in [5, 5.41) is 2.68. The van der Waals surface area contributed by atoms with E-state index < -0.39 is 28.2 Å². The zero-order valence-electron chi connectivity index (χ0n) is 26.0. The predicted octanol–water partition coefficient (Wildman–Crippen LogP) is 8.28. The smallest absolute Gasteiger partial charge is 0.406 e. The molecular formula is C33H49F3N2O4S. The molecule has 4 aliphatic rings. The lowest BCUT2D eigenvalue weighted by Gasteiger charge is -2.63. The summed E-state index contributed by atoms with van der Waals surface area (Å²) in [5.74, 6) is 4.64. The summed E-state index contributed by atoms with van der Waals surface area (Å²) >= 11 is 0. The van der Waals surface area contributed by atoms with Crippen molar-refractivity contribution in [2.45, 2.75) is 110 Å². The van der Waals surface area contributed by atoms with E-state index in [-0.39, 0.29) is 4.90 Å². The molecule has 0 bridgehead atoms. The predicted molar refractivity (Wildman–Crippen MR) is 160 cm³/mol. The highest BCUT2D eigenvalue weighted by molar-refractivity contribution is 7.90. The van der Waals surface area contributed by atoms with Gasteiger partial charge in [-0.15, -0.1) is 13.2 Å². The van der Waals surface area contributed by atoms with Crippen LogP contribution < -0.4 is 14.8 Å². The van der Waals surface area contributed by atoms with Gasteiger partial charge >= 0.3 is 12.4 Å². The first-order chi connectivity index (χ1) is 20.2. The molecule has 4 aliphatic carbocycles. The SMILES string of the molecule is CC[C@H]1C[C@H]2C3CCC([C@H](C)CCNC(=O)NS(=O)(=O)c4ccc(OC(F)(F)F)cc4)[C@@]3(C)CC[C@@H]2[C@@]2(C)CCCC[C@@H]12. The number of carbonyl (C=O) groups is 1. The Bertz CT molecular complexity index is 1260. The summed E-state index contributed by atoms with van der Waals surface area (Å²) in [6, 6.07) is 2.88. The summed E-state index contributed by atoms with van der Waals surface area (Å²) < 4.78 is 68.0. The molecule has 0 saturated heterocycles. The zero-order valence-corrected chi connectivity index (χ0v) is 26.8. The van der Waals surface area contributed by atoms with E-state index >= 15 is 0 Å². The molecule has 242 valence electrons. The fourth-order valence-corrected chi connectivity index (χ4v) is 11.6. The molecule has 0 aromatic heterocycles. The summed E-state index contributed by atoms with van der Waals surface area (Å²) in [7, 11) is -4.24. The van der Waals surface area contributed by atoms with E-state index in [1.54, 1.807) is 0 Å². The number of carbonyl (C=O) groups excluding carboxylic acids is 1. The van der Waals surface area contributed by atoms with E-state index in [1.165, 1.54) is 64.2 Å². The number of urea groups is 1. The Hall–Kier alpha value is -1.97. The highest BCUT2D eigenvalue weighted by Crippen LogP contribution is 2.69. The minimum Gasteiger partial charge on any atom is -0.406 e. The van der Waals surface area contributed by atoms with Crippen LogP contribution in [0.4, 0.5) is 18.0 Å². The van der Waals surface area contributed by atoms with Crippen molar-refractivity contribution in [3.8, 4) is 5.75 Å². The molecule has 2 N–H and O–H groups in total. The van der Waals surface area contributed by atoms with Gasteiger partial charge in [0.2, 0.25) is 0 Å². The first-order valence-electron chi connectivity index (χ1n) is 16.3. The van der Waals surface area contributed by atoms with Crippen LogP contribution in [0.2, 0.25) is 0 Å². The average molecular weight is 627 g/mol. The molecule has 2 amide bonds. The first kappa shape index (κ1) is 32.4. The lowest BCUT2D eigenvalue weighted by atomic mass is 9.42. The fraction of sp³-hybridized carbons (Fsp3) is 0.788. The second kappa shape index (κ2) is 12.1. The number of hydrogen-bond acceptors (Lipinski definition) is 4. The van der Waals surface area contributed by atoms with Gasteiger partial charge in [0.05, 0.1) is 4.90 Å². The zero-order chi connectivity index (χ0) is 31.2. The number of halogens is 3. The first-order valence-corrected chi connectivity index (χ1v) is 17.8. The van der Waals surface area contributed by atoms with Crippen LogP contribution in [0.1, 0.15) is 98.3 Å². The van der Waals surface area contributed by atoms with Crippen molar-refractivity contribution in [3.05, 3.63) is 24.3 Å². The van der Waals surface area contributed by atoms with Gasteiger partial charge in [-0.2, -0.15) is 0 Å². The molecule has 10 heteroatoms. The number of sulfonamides is 1. The monoisotopic (exact) mass is 626 g/mol. The molecule has 2 unspecified atom stereocenters. The molecule has 0 spiro atoms. The number of fused-ring (bicyclic) bond motifs is 5. The van der Waals surface area contributed by atoms with Crippen LogP contribution in [0.15, 0.2) is 29.2 Å². The molecular weight excluding hydrogens is 577 g/mol. The van der Waals surface area contributed by atoms with Gasteiger partial charge in [0, 0.05) is 6.54 Å². The van der Waals surface area contributed by atoms with Crippen LogP contribution in [0, 0.1) is 52.3 Å². The van der Waals surface area contributed by atoms with Gasteiger partial charge in [-0.1, -0.05) is 47.0 Å². The largest absolute Gasteiger partial charge is 0.573 e. The van der Waals surface area contributed by atoms with Crippen LogP contribution in [0.5, 0.6) is 5.75 Å². The Balaban J connectivity index is 1.15. The standard InChI is InChI=1S/C33H49F3N2O4S/c1-5-22-20-25-28-14-13-26(32(28,4)18-15-29(25)31(3)17-7-6-8-27(22)31)21(2)16-19-37-30(39)38-43(40,41)24-11-9-23(10-12-24)42-33(34,35)36/h9-12,21-22,25-29H,5-8,13-20H2,1-4H3,(H2,37,38,39)/t21-,22+,25+,26?,27+,28?,29+,31+,32-/m1/s1. The summed E-state index contributed by atoms with van der Waals surface area (Å²) in [5.41, 5.74) is 0.813. The van der Waals surface area contributed by atoms with Gasteiger partial charge in [-0.3, -0.25) is 0 Å². The molecule has 1 aromatic rings. The van der Waals surface area contributed by atoms with Gasteiger partial charge in [-0.05, 0) is 128 Å². The molecule has 0 radical (unpaired) electrons. The number of alkyl halides is 3. The van der Waals surface area contributed by atoms with Crippen molar-refractivity contribution in [2.75, 3.05) is 6.54 Å². The third-order valence-electron chi connectivity index (χ3n) is 12.5. The Labute approximate surface area is 255 Å². The van der Waals surface area contributed by atoms with E-state index in [2.05, 4.69) is 37.7 Å². The molecule has 43 heavy (non-hydrogen) atoms. The molecule has 0 heterocycles. The number of ether oxygens (including phenoxy) is 1. The van der Waals surface area contributed by atoms with Gasteiger partial charge < -0.3 is 10.1 Å². The lowest BCUT2D eigenvalue weighted by Crippen LogP contribution is -2.55. The minimum absolute atomic E-state index is 0.310. The number of hydrogen-bond donors (Lipinski definition) is 2. The van der Waals surface area contributed by atoms with Crippen molar-refractivity contribution >= 4 is 16.1 Å². The quantitative estimate of drug-likeness (QED) is 0.304. The topological polar surface area (TPSA) is 84.5 Å². The summed E-state index contributed by atoms with van der Waals surface area (Å²) in [4.78, 5) is 12.1. The number of benzene rings is 1. The van der Waals surface area contributed by atoms with Crippen molar-refractivity contribution in [2.24, 2.45) is 52.3 Å². The molecule has 0 aliphatic heterocycles. The second-order valence-electron chi connectivity index (χ2n) is 14.5. The van der Waals surface area contributed by atoms with Crippen LogP contribution in [-0.4, -0.2) is 27.4 Å². The van der Waals surface area contributed by atoms with E-state index in [0.29, 0.717) is 29.2 Å². The van der Waals surface area contributed by atoms with Crippen LogP contribution >= 0.6 is 0 Å². The third-order valence-corrected chi connectivity index (χ3v) is 13.9. The molecule has 6 nitrogen and oxygen atoms in total. The molecule has 9 atom stereocenters. The van der Waals surface area contributed by atoms with Crippen LogP contribution in [0.3, 0.4) is 0 Å². The third kappa shape index (κ3) is 6.41. The number of rotatable bonds is 8. The molecule has 5 rings (SSSR count). The minimum atomic E-state index is -4.88. The summed E-state index contributed by atoms with van der Waals surface area (Å²) in [6.07, 6.45) is 9.33. The molecule has 4 fully saturated rings. The highest BCUT2D eigenvalue weighted by Gasteiger charge is 2.61. The molecule has 1 aromatic carbocycles. The maximum absolute atomic E-state index is 12.6. The van der Waals surface area contributed by atoms with Crippen LogP contribution in [-0.2, 0) is 10.0 Å². The maximum Gasteiger partial charge on any atom is 0.573 e. The second-order valence-corrected chi connectivity index (χ2v) is 16.2.